The Labute approximate surface area is 168 Å². The van der Waals surface area contributed by atoms with E-state index in [-0.39, 0.29) is 10.5 Å². The molecule has 1 aliphatic heterocycles. The number of rotatable bonds is 4. The molecule has 148 valence electrons. The molecule has 1 aliphatic rings. The molecule has 2 N–H and O–H groups in total. The summed E-state index contributed by atoms with van der Waals surface area (Å²) in [7, 11) is -4.33. The maximum absolute atomic E-state index is 11.7. The molecular formula is C22H19NO5S. The van der Waals surface area contributed by atoms with Gasteiger partial charge in [-0.3, -0.25) is 9.55 Å². The van der Waals surface area contributed by atoms with Gasteiger partial charge < -0.3 is 5.11 Å². The van der Waals surface area contributed by atoms with E-state index in [2.05, 4.69) is 0 Å². The number of carboxylic acids is 1. The lowest BCUT2D eigenvalue weighted by atomic mass is 9.73. The second-order valence-corrected chi connectivity index (χ2v) is 8.95. The Morgan fingerprint density at radius 1 is 1.07 bits per heavy atom. The molecule has 0 bridgehead atoms. The van der Waals surface area contributed by atoms with Gasteiger partial charge in [0.15, 0.2) is 0 Å². The van der Waals surface area contributed by atoms with Crippen LogP contribution in [-0.2, 0) is 22.0 Å². The summed E-state index contributed by atoms with van der Waals surface area (Å²) >= 11 is 0. The number of benzene rings is 3. The minimum atomic E-state index is -4.33. The van der Waals surface area contributed by atoms with Gasteiger partial charge in [-0.25, -0.2) is 4.79 Å². The fraction of sp³-hybridized carbons (Fsp3) is 0.182. The minimum absolute atomic E-state index is 0.156. The summed E-state index contributed by atoms with van der Waals surface area (Å²) in [5.41, 5.74) is 3.23. The molecular weight excluding hydrogens is 390 g/mol. The minimum Gasteiger partial charge on any atom is -0.478 e. The van der Waals surface area contributed by atoms with Gasteiger partial charge in [0.05, 0.1) is 16.1 Å². The highest BCUT2D eigenvalue weighted by Gasteiger charge is 2.38. The van der Waals surface area contributed by atoms with E-state index in [9.17, 15) is 17.8 Å². The molecule has 6 nitrogen and oxygen atoms in total. The number of aliphatic imine (C=N–C) groups is 1. The average Bonchev–Trinajstić information content (AvgIpc) is 2.91. The Morgan fingerprint density at radius 3 is 2.34 bits per heavy atom. The molecule has 4 rings (SSSR count). The predicted octanol–water partition coefficient (Wildman–Crippen LogP) is 4.39. The van der Waals surface area contributed by atoms with Crippen LogP contribution in [0.1, 0.15) is 35.3 Å². The molecule has 3 aromatic carbocycles. The van der Waals surface area contributed by atoms with E-state index in [0.717, 1.165) is 33.3 Å². The van der Waals surface area contributed by atoms with E-state index >= 15 is 0 Å². The lowest BCUT2D eigenvalue weighted by Gasteiger charge is -2.28. The van der Waals surface area contributed by atoms with E-state index in [1.54, 1.807) is 30.3 Å². The smallest absolute Gasteiger partial charge is 0.335 e. The summed E-state index contributed by atoms with van der Waals surface area (Å²) in [6, 6.07) is 15.1. The van der Waals surface area contributed by atoms with Crippen molar-refractivity contribution in [3.63, 3.8) is 0 Å². The molecule has 1 unspecified atom stereocenters. The lowest BCUT2D eigenvalue weighted by Crippen LogP contribution is -2.30. The SMILES string of the molecule is CC1=Nc2ccc3ccc(S(=O)(=O)O)cc3c2C1(C)Cc1ccc(C(=O)O)cc1. The standard InChI is InChI=1S/C22H19NO5S/c1-13-22(2,12-14-3-5-16(6-4-14)21(24)25)20-18-11-17(29(26,27)28)9-7-15(18)8-10-19(20)23-13/h3-11H,12H2,1-2H3,(H,24,25)(H,26,27,28). The number of hydrogen-bond donors (Lipinski definition) is 2. The number of carboxylic acid groups (broad SMARTS) is 1. The Bertz CT molecular complexity index is 1290. The van der Waals surface area contributed by atoms with E-state index in [4.69, 9.17) is 10.1 Å². The summed E-state index contributed by atoms with van der Waals surface area (Å²) < 4.78 is 32.8. The fourth-order valence-electron chi connectivity index (χ4n) is 4.00. The third-order valence-electron chi connectivity index (χ3n) is 5.67. The highest BCUT2D eigenvalue weighted by Crippen LogP contribution is 2.46. The van der Waals surface area contributed by atoms with Crippen molar-refractivity contribution in [1.29, 1.82) is 0 Å². The highest BCUT2D eigenvalue weighted by molar-refractivity contribution is 7.85. The van der Waals surface area contributed by atoms with Gasteiger partial charge in [-0.15, -0.1) is 0 Å². The molecule has 0 saturated heterocycles. The quantitative estimate of drug-likeness (QED) is 0.622. The predicted molar refractivity (Wildman–Crippen MR) is 111 cm³/mol. The maximum atomic E-state index is 11.7. The first-order valence-corrected chi connectivity index (χ1v) is 10.5. The molecule has 0 saturated carbocycles. The van der Waals surface area contributed by atoms with Crippen molar-refractivity contribution in [1.82, 2.24) is 0 Å². The van der Waals surface area contributed by atoms with Crippen LogP contribution in [0.4, 0.5) is 5.69 Å². The van der Waals surface area contributed by atoms with Crippen LogP contribution in [0.25, 0.3) is 10.8 Å². The molecule has 3 aromatic rings. The maximum Gasteiger partial charge on any atom is 0.335 e. The molecule has 0 aromatic heterocycles. The Balaban J connectivity index is 1.87. The number of carbonyl (C=O) groups is 1. The van der Waals surface area contributed by atoms with Crippen LogP contribution in [0.15, 0.2) is 64.5 Å². The molecule has 1 heterocycles. The van der Waals surface area contributed by atoms with Crippen LogP contribution in [0.2, 0.25) is 0 Å². The molecule has 7 heteroatoms. The summed E-state index contributed by atoms with van der Waals surface area (Å²) in [6.45, 7) is 3.98. The van der Waals surface area contributed by atoms with Crippen molar-refractivity contribution < 1.29 is 22.9 Å². The van der Waals surface area contributed by atoms with Gasteiger partial charge >= 0.3 is 5.97 Å². The molecule has 1 atom stereocenters. The van der Waals surface area contributed by atoms with Gasteiger partial charge in [-0.1, -0.05) is 24.3 Å². The molecule has 0 radical (unpaired) electrons. The van der Waals surface area contributed by atoms with Crippen LogP contribution in [0.5, 0.6) is 0 Å². The summed E-state index contributed by atoms with van der Waals surface area (Å²) in [5.74, 6) is -0.976. The van der Waals surface area contributed by atoms with Crippen molar-refractivity contribution >= 4 is 38.3 Å². The summed E-state index contributed by atoms with van der Waals surface area (Å²) in [5, 5.41) is 10.7. The lowest BCUT2D eigenvalue weighted by molar-refractivity contribution is 0.0697. The first-order chi connectivity index (χ1) is 13.6. The van der Waals surface area contributed by atoms with E-state index in [1.807, 2.05) is 26.0 Å². The number of fused-ring (bicyclic) bond motifs is 3. The normalized spacial score (nSPS) is 18.5. The highest BCUT2D eigenvalue weighted by atomic mass is 32.2. The van der Waals surface area contributed by atoms with Crippen LogP contribution in [-0.4, -0.2) is 29.8 Å². The van der Waals surface area contributed by atoms with Gasteiger partial charge in [0.2, 0.25) is 0 Å². The zero-order valence-electron chi connectivity index (χ0n) is 15.9. The van der Waals surface area contributed by atoms with Gasteiger partial charge in [0.25, 0.3) is 10.1 Å². The monoisotopic (exact) mass is 409 g/mol. The van der Waals surface area contributed by atoms with E-state index in [0.29, 0.717) is 6.42 Å². The van der Waals surface area contributed by atoms with Crippen LogP contribution in [0.3, 0.4) is 0 Å². The summed E-state index contributed by atoms with van der Waals surface area (Å²) in [4.78, 5) is 15.6. The van der Waals surface area contributed by atoms with Gasteiger partial charge in [-0.2, -0.15) is 8.42 Å². The van der Waals surface area contributed by atoms with Crippen molar-refractivity contribution in [2.75, 3.05) is 0 Å². The second-order valence-electron chi connectivity index (χ2n) is 7.53. The van der Waals surface area contributed by atoms with Crippen molar-refractivity contribution in [3.8, 4) is 0 Å². The van der Waals surface area contributed by atoms with E-state index < -0.39 is 21.5 Å². The van der Waals surface area contributed by atoms with Crippen LogP contribution < -0.4 is 0 Å². The Morgan fingerprint density at radius 2 is 1.72 bits per heavy atom. The van der Waals surface area contributed by atoms with Crippen LogP contribution in [0, 0.1) is 0 Å². The third-order valence-corrected chi connectivity index (χ3v) is 6.52. The topological polar surface area (TPSA) is 104 Å². The molecule has 29 heavy (non-hydrogen) atoms. The van der Waals surface area contributed by atoms with Crippen molar-refractivity contribution in [3.05, 3.63) is 71.3 Å². The third kappa shape index (κ3) is 3.22. The molecule has 0 fully saturated rings. The Hall–Kier alpha value is -3.03. The van der Waals surface area contributed by atoms with Gasteiger partial charge in [0, 0.05) is 11.1 Å². The summed E-state index contributed by atoms with van der Waals surface area (Å²) in [6.07, 6.45) is 0.574. The average molecular weight is 409 g/mol. The van der Waals surface area contributed by atoms with Crippen molar-refractivity contribution in [2.24, 2.45) is 4.99 Å². The number of aromatic carboxylic acids is 1. The first kappa shape index (κ1) is 19.3. The zero-order valence-corrected chi connectivity index (χ0v) is 16.7. The van der Waals surface area contributed by atoms with Crippen molar-refractivity contribution in [2.45, 2.75) is 30.6 Å². The molecule has 0 spiro atoms. The molecule has 0 aliphatic carbocycles. The second kappa shape index (κ2) is 6.50. The molecule has 0 amide bonds. The number of nitrogens with zero attached hydrogens (tertiary/aromatic N) is 1. The zero-order chi connectivity index (χ0) is 21.0. The Kier molecular flexibility index (Phi) is 4.33. The van der Waals surface area contributed by atoms with E-state index in [1.165, 1.54) is 12.1 Å². The first-order valence-electron chi connectivity index (χ1n) is 9.02. The largest absolute Gasteiger partial charge is 0.478 e. The van der Waals surface area contributed by atoms with Gasteiger partial charge in [0.1, 0.15) is 0 Å². The van der Waals surface area contributed by atoms with Gasteiger partial charge in [-0.05, 0) is 72.5 Å². The van der Waals surface area contributed by atoms with Crippen LogP contribution >= 0.6 is 0 Å². The number of hydrogen-bond acceptors (Lipinski definition) is 4. The fourth-order valence-corrected chi connectivity index (χ4v) is 4.50.